The lowest BCUT2D eigenvalue weighted by atomic mass is 10.2. The molecule has 82 valence electrons. The molecule has 0 amide bonds. The van der Waals surface area contributed by atoms with Crippen molar-refractivity contribution in [3.8, 4) is 0 Å². The van der Waals surface area contributed by atoms with Gasteiger partial charge in [-0.25, -0.2) is 4.98 Å². The zero-order valence-electron chi connectivity index (χ0n) is 8.48. The third-order valence-corrected chi connectivity index (χ3v) is 2.62. The van der Waals surface area contributed by atoms with Crippen LogP contribution in [0.3, 0.4) is 0 Å². The molecule has 15 heavy (non-hydrogen) atoms. The highest BCUT2D eigenvalue weighted by molar-refractivity contribution is 5.61. The Hall–Kier alpha value is -1.49. The summed E-state index contributed by atoms with van der Waals surface area (Å²) in [5, 5.41) is 12.7. The van der Waals surface area contributed by atoms with Gasteiger partial charge in [-0.05, 0) is 30.9 Å². The quantitative estimate of drug-likeness (QED) is 0.575. The molecular formula is C10H16N4O. The average molecular weight is 208 g/mol. The SMILES string of the molecule is Nc1ccc(NCC(O)C2CC2)nc1N. The number of hydrogen-bond acceptors (Lipinski definition) is 5. The minimum atomic E-state index is -0.287. The molecule has 0 bridgehead atoms. The van der Waals surface area contributed by atoms with E-state index in [4.69, 9.17) is 11.5 Å². The first-order valence-corrected chi connectivity index (χ1v) is 5.11. The van der Waals surface area contributed by atoms with Crippen molar-refractivity contribution in [3.63, 3.8) is 0 Å². The van der Waals surface area contributed by atoms with Crippen LogP contribution in [0.25, 0.3) is 0 Å². The molecule has 1 saturated carbocycles. The lowest BCUT2D eigenvalue weighted by Crippen LogP contribution is -2.21. The highest BCUT2D eigenvalue weighted by Crippen LogP contribution is 2.32. The summed E-state index contributed by atoms with van der Waals surface area (Å²) >= 11 is 0. The zero-order chi connectivity index (χ0) is 10.8. The predicted molar refractivity (Wildman–Crippen MR) is 60.3 cm³/mol. The smallest absolute Gasteiger partial charge is 0.149 e. The summed E-state index contributed by atoms with van der Waals surface area (Å²) in [5.74, 6) is 1.44. The molecule has 5 nitrogen and oxygen atoms in total. The van der Waals surface area contributed by atoms with E-state index in [9.17, 15) is 5.11 Å². The van der Waals surface area contributed by atoms with Crippen LogP contribution in [-0.4, -0.2) is 22.7 Å². The topological polar surface area (TPSA) is 97.2 Å². The molecule has 1 aliphatic rings. The molecule has 5 heteroatoms. The summed E-state index contributed by atoms with van der Waals surface area (Å²) < 4.78 is 0. The van der Waals surface area contributed by atoms with Gasteiger partial charge in [-0.3, -0.25) is 0 Å². The van der Waals surface area contributed by atoms with E-state index in [0.29, 0.717) is 29.8 Å². The van der Waals surface area contributed by atoms with Crippen LogP contribution in [0, 0.1) is 5.92 Å². The van der Waals surface area contributed by atoms with Gasteiger partial charge in [0.1, 0.15) is 11.6 Å². The number of hydrogen-bond donors (Lipinski definition) is 4. The van der Waals surface area contributed by atoms with Crippen molar-refractivity contribution in [1.82, 2.24) is 4.98 Å². The van der Waals surface area contributed by atoms with Gasteiger partial charge in [0, 0.05) is 6.54 Å². The number of aliphatic hydroxyl groups is 1. The third kappa shape index (κ3) is 2.50. The Kier molecular flexibility index (Phi) is 2.64. The molecule has 1 aromatic rings. The van der Waals surface area contributed by atoms with Crippen molar-refractivity contribution in [3.05, 3.63) is 12.1 Å². The molecule has 1 fully saturated rings. The Morgan fingerprint density at radius 3 is 2.80 bits per heavy atom. The number of rotatable bonds is 4. The molecule has 2 rings (SSSR count). The fourth-order valence-electron chi connectivity index (χ4n) is 1.44. The van der Waals surface area contributed by atoms with Gasteiger partial charge in [0.15, 0.2) is 0 Å². The summed E-state index contributed by atoms with van der Waals surface area (Å²) in [7, 11) is 0. The van der Waals surface area contributed by atoms with Gasteiger partial charge in [-0.2, -0.15) is 0 Å². The number of nitrogens with two attached hydrogens (primary N) is 2. The van der Waals surface area contributed by atoms with Crippen LogP contribution in [0.15, 0.2) is 12.1 Å². The van der Waals surface area contributed by atoms with E-state index in [1.54, 1.807) is 12.1 Å². The molecule has 1 unspecified atom stereocenters. The molecule has 0 radical (unpaired) electrons. The molecular weight excluding hydrogens is 192 g/mol. The van der Waals surface area contributed by atoms with Gasteiger partial charge < -0.3 is 21.9 Å². The highest BCUT2D eigenvalue weighted by Gasteiger charge is 2.29. The van der Waals surface area contributed by atoms with Crippen LogP contribution in [-0.2, 0) is 0 Å². The highest BCUT2D eigenvalue weighted by atomic mass is 16.3. The summed E-state index contributed by atoms with van der Waals surface area (Å²) in [6, 6.07) is 3.46. The maximum Gasteiger partial charge on any atom is 0.149 e. The predicted octanol–water partition coefficient (Wildman–Crippen LogP) is 0.429. The minimum absolute atomic E-state index is 0.287. The van der Waals surface area contributed by atoms with Crippen molar-refractivity contribution in [1.29, 1.82) is 0 Å². The minimum Gasteiger partial charge on any atom is -0.396 e. The van der Waals surface area contributed by atoms with Crippen molar-refractivity contribution in [2.45, 2.75) is 18.9 Å². The van der Waals surface area contributed by atoms with Crippen LogP contribution < -0.4 is 16.8 Å². The summed E-state index contributed by atoms with van der Waals surface area (Å²) in [4.78, 5) is 4.05. The monoisotopic (exact) mass is 208 g/mol. The van der Waals surface area contributed by atoms with Crippen LogP contribution >= 0.6 is 0 Å². The lowest BCUT2D eigenvalue weighted by Gasteiger charge is -2.11. The first-order chi connectivity index (χ1) is 7.16. The fraction of sp³-hybridized carbons (Fsp3) is 0.500. The number of anilines is 3. The molecule has 0 aromatic carbocycles. The number of aliphatic hydroxyl groups excluding tert-OH is 1. The van der Waals surface area contributed by atoms with Crippen LogP contribution in [0.4, 0.5) is 17.3 Å². The second kappa shape index (κ2) is 3.94. The first kappa shape index (κ1) is 10.0. The number of pyridine rings is 1. The third-order valence-electron chi connectivity index (χ3n) is 2.62. The maximum absolute atomic E-state index is 9.63. The lowest BCUT2D eigenvalue weighted by molar-refractivity contribution is 0.164. The largest absolute Gasteiger partial charge is 0.396 e. The first-order valence-electron chi connectivity index (χ1n) is 5.11. The van der Waals surface area contributed by atoms with E-state index in [2.05, 4.69) is 10.3 Å². The van der Waals surface area contributed by atoms with Gasteiger partial charge in [-0.15, -0.1) is 0 Å². The van der Waals surface area contributed by atoms with Gasteiger partial charge >= 0.3 is 0 Å². The number of nitrogens with zero attached hydrogens (tertiary/aromatic N) is 1. The van der Waals surface area contributed by atoms with Crippen molar-refractivity contribution >= 4 is 17.3 Å². The van der Waals surface area contributed by atoms with Gasteiger partial charge in [-0.1, -0.05) is 0 Å². The van der Waals surface area contributed by atoms with Gasteiger partial charge in [0.05, 0.1) is 11.8 Å². The number of aromatic nitrogens is 1. The summed E-state index contributed by atoms with van der Waals surface area (Å²) in [5.41, 5.74) is 11.6. The second-order valence-corrected chi connectivity index (χ2v) is 3.96. The Morgan fingerprint density at radius 1 is 1.47 bits per heavy atom. The molecule has 1 atom stereocenters. The van der Waals surface area contributed by atoms with Crippen molar-refractivity contribution < 1.29 is 5.11 Å². The van der Waals surface area contributed by atoms with Crippen molar-refractivity contribution in [2.75, 3.05) is 23.3 Å². The standard InChI is InChI=1S/C10H16N4O/c11-7-3-4-9(14-10(7)12)13-5-8(15)6-1-2-6/h3-4,6,8,15H,1-2,5,11H2,(H3,12,13,14). The number of nitrogens with one attached hydrogen (secondary N) is 1. The Balaban J connectivity index is 1.89. The van der Waals surface area contributed by atoms with Crippen LogP contribution in [0.5, 0.6) is 0 Å². The van der Waals surface area contributed by atoms with E-state index < -0.39 is 0 Å². The van der Waals surface area contributed by atoms with Crippen LogP contribution in [0.1, 0.15) is 12.8 Å². The molecule has 1 aliphatic carbocycles. The van der Waals surface area contributed by atoms with E-state index in [0.717, 1.165) is 12.8 Å². The molecule has 1 heterocycles. The zero-order valence-corrected chi connectivity index (χ0v) is 8.48. The summed E-state index contributed by atoms with van der Waals surface area (Å²) in [6.07, 6.45) is 1.96. The average Bonchev–Trinajstić information content (AvgIpc) is 3.03. The van der Waals surface area contributed by atoms with Crippen molar-refractivity contribution in [2.24, 2.45) is 5.92 Å². The molecule has 0 saturated heterocycles. The van der Waals surface area contributed by atoms with E-state index in [1.165, 1.54) is 0 Å². The Bertz CT molecular complexity index is 351. The van der Waals surface area contributed by atoms with Gasteiger partial charge in [0.2, 0.25) is 0 Å². The normalized spacial score (nSPS) is 17.4. The van der Waals surface area contributed by atoms with E-state index in [-0.39, 0.29) is 6.10 Å². The van der Waals surface area contributed by atoms with Gasteiger partial charge in [0.25, 0.3) is 0 Å². The molecule has 6 N–H and O–H groups in total. The van der Waals surface area contributed by atoms with E-state index >= 15 is 0 Å². The summed E-state index contributed by atoms with van der Waals surface area (Å²) in [6.45, 7) is 0.515. The molecule has 0 spiro atoms. The Labute approximate surface area is 88.5 Å². The van der Waals surface area contributed by atoms with Crippen LogP contribution in [0.2, 0.25) is 0 Å². The molecule has 0 aliphatic heterocycles. The molecule has 1 aromatic heterocycles. The van der Waals surface area contributed by atoms with E-state index in [1.807, 2.05) is 0 Å². The Morgan fingerprint density at radius 2 is 2.20 bits per heavy atom. The number of nitrogen functional groups attached to an aromatic ring is 2. The second-order valence-electron chi connectivity index (χ2n) is 3.96. The fourth-order valence-corrected chi connectivity index (χ4v) is 1.44. The maximum atomic E-state index is 9.63.